The molecule has 4 aromatic rings. The number of ether oxygens (including phenoxy) is 2. The summed E-state index contributed by atoms with van der Waals surface area (Å²) in [5, 5.41) is 7.76. The molecule has 11 nitrogen and oxygen atoms in total. The fourth-order valence-electron chi connectivity index (χ4n) is 5.59. The Bertz CT molecular complexity index is 1870. The van der Waals surface area contributed by atoms with E-state index in [4.69, 9.17) is 21.1 Å². The number of nitrogens with one attached hydrogen (secondary N) is 1. The number of nitrogens with zero attached hydrogens (tertiary/aromatic N) is 5. The highest BCUT2D eigenvalue weighted by Crippen LogP contribution is 2.54. The molecule has 3 amide bonds. The first-order valence-electron chi connectivity index (χ1n) is 15.1. The van der Waals surface area contributed by atoms with E-state index < -0.39 is 29.2 Å². The zero-order valence-corrected chi connectivity index (χ0v) is 28.6. The number of benzene rings is 1. The number of amides is 3. The number of pyridine rings is 2. The predicted molar refractivity (Wildman–Crippen MR) is 177 cm³/mol. The van der Waals surface area contributed by atoms with E-state index in [1.54, 1.807) is 71.5 Å². The number of anilines is 2. The summed E-state index contributed by atoms with van der Waals surface area (Å²) >= 11 is 6.52. The Hall–Kier alpha value is -4.58. The Morgan fingerprint density at radius 2 is 1.62 bits per heavy atom. The van der Waals surface area contributed by atoms with Crippen LogP contribution in [0.25, 0.3) is 21.9 Å². The summed E-state index contributed by atoms with van der Waals surface area (Å²) in [7, 11) is 1.83. The van der Waals surface area contributed by atoms with Gasteiger partial charge in [0.15, 0.2) is 0 Å². The fraction of sp³-hybridized carbons (Fsp3) is 0.412. The highest BCUT2D eigenvalue weighted by molar-refractivity contribution is 6.36. The molecule has 0 radical (unpaired) electrons. The second kappa shape index (κ2) is 12.2. The lowest BCUT2D eigenvalue weighted by Crippen LogP contribution is -2.44. The number of aryl methyl sites for hydroxylation is 1. The first-order chi connectivity index (χ1) is 21.9. The topological polar surface area (TPSA) is 129 Å². The number of rotatable bonds is 5. The summed E-state index contributed by atoms with van der Waals surface area (Å²) in [4.78, 5) is 49.1. The SMILES string of the molecule is Cc1c(-c2cc3cc(NC(=O)[C@H]4C(C)[C@@H]4c4cnn(C)c4)ncc3c(Cl)c2F)cncc1N(C(=O)OC(C)(C)C)C(=O)OC(C)(C)C. The minimum atomic E-state index is -0.979. The van der Waals surface area contributed by atoms with Crippen molar-refractivity contribution in [2.45, 2.75) is 72.5 Å². The van der Waals surface area contributed by atoms with E-state index in [2.05, 4.69) is 20.4 Å². The molecule has 1 fully saturated rings. The maximum Gasteiger partial charge on any atom is 0.424 e. The number of hydrogen-bond acceptors (Lipinski definition) is 8. The zero-order chi connectivity index (χ0) is 34.6. The molecule has 1 aliphatic rings. The van der Waals surface area contributed by atoms with Crippen LogP contribution in [0.2, 0.25) is 5.02 Å². The summed E-state index contributed by atoms with van der Waals surface area (Å²) in [5.74, 6) is -0.680. The van der Waals surface area contributed by atoms with Gasteiger partial charge in [0.1, 0.15) is 22.8 Å². The van der Waals surface area contributed by atoms with Crippen LogP contribution >= 0.6 is 11.6 Å². The van der Waals surface area contributed by atoms with Crippen LogP contribution in [0.1, 0.15) is 65.5 Å². The highest BCUT2D eigenvalue weighted by Gasteiger charge is 2.53. The number of halogens is 2. The third-order valence-corrected chi connectivity index (χ3v) is 8.19. The van der Waals surface area contributed by atoms with Gasteiger partial charge in [-0.05, 0) is 83.0 Å². The van der Waals surface area contributed by atoms with Gasteiger partial charge in [-0.2, -0.15) is 10.00 Å². The molecule has 5 rings (SSSR count). The first kappa shape index (κ1) is 33.8. The van der Waals surface area contributed by atoms with Gasteiger partial charge < -0.3 is 14.8 Å². The summed E-state index contributed by atoms with van der Waals surface area (Å²) in [6.45, 7) is 13.7. The van der Waals surface area contributed by atoms with Crippen molar-refractivity contribution in [3.05, 3.63) is 65.1 Å². The quantitative estimate of drug-likeness (QED) is 0.229. The maximum atomic E-state index is 15.9. The predicted octanol–water partition coefficient (Wildman–Crippen LogP) is 7.80. The van der Waals surface area contributed by atoms with E-state index in [0.717, 1.165) is 10.5 Å². The van der Waals surface area contributed by atoms with Gasteiger partial charge in [-0.15, -0.1) is 0 Å². The third-order valence-electron chi connectivity index (χ3n) is 7.82. The van der Waals surface area contributed by atoms with E-state index in [1.165, 1.54) is 18.6 Å². The smallest absolute Gasteiger partial charge is 0.424 e. The average molecular weight is 665 g/mol. The van der Waals surface area contributed by atoms with Crippen LogP contribution < -0.4 is 10.2 Å². The van der Waals surface area contributed by atoms with Crippen molar-refractivity contribution in [2.24, 2.45) is 18.9 Å². The van der Waals surface area contributed by atoms with E-state index in [0.29, 0.717) is 16.3 Å². The normalized spacial score (nSPS) is 17.7. The fourth-order valence-corrected chi connectivity index (χ4v) is 5.85. The summed E-state index contributed by atoms with van der Waals surface area (Å²) in [6.07, 6.45) is 5.85. The van der Waals surface area contributed by atoms with Gasteiger partial charge in [0.05, 0.1) is 23.1 Å². The minimum Gasteiger partial charge on any atom is -0.443 e. The molecule has 1 N–H and O–H groups in total. The molecule has 0 spiro atoms. The Morgan fingerprint density at radius 1 is 0.979 bits per heavy atom. The van der Waals surface area contributed by atoms with Gasteiger partial charge in [-0.1, -0.05) is 18.5 Å². The number of aromatic nitrogens is 4. The summed E-state index contributed by atoms with van der Waals surface area (Å²) in [6, 6.07) is 3.18. The lowest BCUT2D eigenvalue weighted by atomic mass is 9.98. The van der Waals surface area contributed by atoms with Gasteiger partial charge in [0.2, 0.25) is 5.91 Å². The molecule has 3 atom stereocenters. The minimum absolute atomic E-state index is 0.0472. The van der Waals surface area contributed by atoms with Crippen molar-refractivity contribution in [3.8, 4) is 11.1 Å². The monoisotopic (exact) mass is 664 g/mol. The van der Waals surface area contributed by atoms with E-state index in [9.17, 15) is 14.4 Å². The van der Waals surface area contributed by atoms with Gasteiger partial charge in [0, 0.05) is 54.0 Å². The second-order valence-corrected chi connectivity index (χ2v) is 14.2. The molecule has 1 unspecified atom stereocenters. The molecule has 0 aliphatic heterocycles. The molecule has 3 aromatic heterocycles. The third kappa shape index (κ3) is 7.07. The Kier molecular flexibility index (Phi) is 8.78. The molecule has 1 aromatic carbocycles. The molecule has 0 bridgehead atoms. The van der Waals surface area contributed by atoms with Crippen LogP contribution in [-0.2, 0) is 21.3 Å². The molecule has 3 heterocycles. The van der Waals surface area contributed by atoms with Crippen LogP contribution in [0.5, 0.6) is 0 Å². The Balaban J connectivity index is 1.50. The van der Waals surface area contributed by atoms with Gasteiger partial charge in [-0.3, -0.25) is 14.5 Å². The lowest BCUT2D eigenvalue weighted by Gasteiger charge is -2.29. The Morgan fingerprint density at radius 3 is 2.19 bits per heavy atom. The van der Waals surface area contributed by atoms with E-state index in [-0.39, 0.29) is 51.3 Å². The van der Waals surface area contributed by atoms with Crippen LogP contribution in [0.4, 0.5) is 25.5 Å². The summed E-state index contributed by atoms with van der Waals surface area (Å²) < 4.78 is 28.6. The van der Waals surface area contributed by atoms with Crippen LogP contribution in [0.15, 0.2) is 43.1 Å². The molecule has 1 saturated carbocycles. The molecule has 1 aliphatic carbocycles. The van der Waals surface area contributed by atoms with Crippen molar-refractivity contribution in [3.63, 3.8) is 0 Å². The van der Waals surface area contributed by atoms with Crippen molar-refractivity contribution in [1.29, 1.82) is 0 Å². The van der Waals surface area contributed by atoms with Gasteiger partial charge >= 0.3 is 12.2 Å². The average Bonchev–Trinajstić information content (AvgIpc) is 3.43. The largest absolute Gasteiger partial charge is 0.443 e. The van der Waals surface area contributed by atoms with Gasteiger partial charge in [0.25, 0.3) is 0 Å². The maximum absolute atomic E-state index is 15.9. The van der Waals surface area contributed by atoms with Gasteiger partial charge in [-0.25, -0.2) is 19.0 Å². The molecule has 248 valence electrons. The van der Waals surface area contributed by atoms with E-state index in [1.807, 2.05) is 20.2 Å². The second-order valence-electron chi connectivity index (χ2n) is 13.8. The highest BCUT2D eigenvalue weighted by atomic mass is 35.5. The van der Waals surface area contributed by atoms with Crippen LogP contribution in [-0.4, -0.2) is 49.0 Å². The number of hydrogen-bond donors (Lipinski definition) is 1. The number of imide groups is 1. The Labute approximate surface area is 277 Å². The molecular weight excluding hydrogens is 627 g/mol. The number of carbonyl (C=O) groups excluding carboxylic acids is 3. The van der Waals surface area contributed by atoms with Crippen molar-refractivity contribution < 1.29 is 28.2 Å². The van der Waals surface area contributed by atoms with E-state index >= 15 is 4.39 Å². The molecule has 0 saturated heterocycles. The standard InChI is InChI=1S/C34H38ClFN6O5/c1-17-22(13-37-15-24(17)42(31(44)46-33(3,4)5)32(45)47-34(6,7)8)21-10-19-11-25(38-14-23(19)28(35)29(21)36)40-30(43)27-18(2)26(27)20-12-39-41(9)16-20/h10-16,18,26-27H,1-9H3,(H,38,40,43)/t18?,26-,27+/m1/s1. The first-order valence-corrected chi connectivity index (χ1v) is 15.5. The number of fused-ring (bicyclic) bond motifs is 1. The zero-order valence-electron chi connectivity index (χ0n) is 27.8. The van der Waals surface area contributed by atoms with Crippen LogP contribution in [0.3, 0.4) is 0 Å². The van der Waals surface area contributed by atoms with Crippen molar-refractivity contribution in [2.75, 3.05) is 10.2 Å². The molecule has 47 heavy (non-hydrogen) atoms. The molecule has 13 heteroatoms. The lowest BCUT2D eigenvalue weighted by molar-refractivity contribution is -0.117. The van der Waals surface area contributed by atoms with Crippen molar-refractivity contribution in [1.82, 2.24) is 19.7 Å². The molecular formula is C34H38ClFN6O5. The number of carbonyl (C=O) groups is 3. The van der Waals surface area contributed by atoms with Crippen molar-refractivity contribution >= 4 is 52.0 Å². The summed E-state index contributed by atoms with van der Waals surface area (Å²) in [5.41, 5.74) is -0.113. The van der Waals surface area contributed by atoms with Crippen LogP contribution in [0, 0.1) is 24.6 Å².